The first-order valence-electron chi connectivity index (χ1n) is 10.3. The third kappa shape index (κ3) is 4.05. The molecule has 1 saturated heterocycles. The number of nitriles is 1. The number of carbonyl (C=O) groups excluding carboxylic acids is 1. The molecule has 1 aromatic carbocycles. The van der Waals surface area contributed by atoms with Crippen LogP contribution < -0.4 is 15.1 Å². The lowest BCUT2D eigenvalue weighted by Gasteiger charge is -2.50. The van der Waals surface area contributed by atoms with Crippen molar-refractivity contribution in [1.29, 1.82) is 5.26 Å². The van der Waals surface area contributed by atoms with Crippen LogP contribution in [-0.4, -0.2) is 41.9 Å². The van der Waals surface area contributed by atoms with Gasteiger partial charge in [-0.1, -0.05) is 0 Å². The second-order valence-electron chi connectivity index (χ2n) is 8.04. The molecule has 12 heteroatoms. The van der Waals surface area contributed by atoms with E-state index in [2.05, 4.69) is 10.3 Å². The summed E-state index contributed by atoms with van der Waals surface area (Å²) in [5, 5.41) is 11.5. The van der Waals surface area contributed by atoms with Gasteiger partial charge in [-0.15, -0.1) is 0 Å². The summed E-state index contributed by atoms with van der Waals surface area (Å²) in [4.78, 5) is 18.6. The van der Waals surface area contributed by atoms with Crippen molar-refractivity contribution in [3.8, 4) is 6.07 Å². The van der Waals surface area contributed by atoms with Gasteiger partial charge in [-0.05, 0) is 55.7 Å². The van der Waals surface area contributed by atoms with Crippen molar-refractivity contribution in [2.45, 2.75) is 31.0 Å². The van der Waals surface area contributed by atoms with Crippen molar-refractivity contribution in [2.24, 2.45) is 0 Å². The van der Waals surface area contributed by atoms with Crippen LogP contribution in [0.1, 0.15) is 40.9 Å². The summed E-state index contributed by atoms with van der Waals surface area (Å²) in [6, 6.07) is 6.30. The molecule has 1 aliphatic carbocycles. The fourth-order valence-corrected chi connectivity index (χ4v) is 4.62. The number of carbonyl (C=O) groups is 1. The van der Waals surface area contributed by atoms with E-state index >= 15 is 0 Å². The minimum absolute atomic E-state index is 0.0137. The number of amides is 1. The van der Waals surface area contributed by atoms with Crippen LogP contribution in [-0.2, 0) is 10.9 Å². The maximum Gasteiger partial charge on any atom is 0.419 e. The molecule has 0 atom stereocenters. The van der Waals surface area contributed by atoms with Gasteiger partial charge in [0.15, 0.2) is 10.8 Å². The van der Waals surface area contributed by atoms with Crippen molar-refractivity contribution in [1.82, 2.24) is 10.3 Å². The van der Waals surface area contributed by atoms with Gasteiger partial charge in [-0.2, -0.15) is 18.4 Å². The van der Waals surface area contributed by atoms with Crippen LogP contribution >= 0.6 is 12.2 Å². The number of rotatable bonds is 3. The number of aromatic nitrogens is 1. The molecule has 1 aliphatic heterocycles. The fraction of sp³-hybridized carbons (Fsp3) is 0.364. The Morgan fingerprint density at radius 3 is 2.59 bits per heavy atom. The predicted octanol–water partition coefficient (Wildman–Crippen LogP) is 3.98. The zero-order valence-corrected chi connectivity index (χ0v) is 18.8. The zero-order chi connectivity index (χ0) is 24.7. The van der Waals surface area contributed by atoms with Gasteiger partial charge in [0, 0.05) is 12.7 Å². The molecular formula is C22H19F4N5O2S. The molecule has 7 nitrogen and oxygen atoms in total. The number of hydrogen-bond acceptors (Lipinski definition) is 5. The van der Waals surface area contributed by atoms with Crippen LogP contribution in [0.5, 0.6) is 0 Å². The molecular weight excluding hydrogens is 474 g/mol. The smallest absolute Gasteiger partial charge is 0.358 e. The molecule has 178 valence electrons. The largest absolute Gasteiger partial charge is 0.419 e. The average Bonchev–Trinajstić information content (AvgIpc) is 2.94. The van der Waals surface area contributed by atoms with Crippen LogP contribution in [0.2, 0.25) is 0 Å². The van der Waals surface area contributed by atoms with Gasteiger partial charge in [0.1, 0.15) is 18.6 Å². The molecule has 4 rings (SSSR count). The van der Waals surface area contributed by atoms with Gasteiger partial charge in [-0.3, -0.25) is 9.69 Å². The first-order valence-corrected chi connectivity index (χ1v) is 10.7. The highest BCUT2D eigenvalue weighted by atomic mass is 32.1. The summed E-state index contributed by atoms with van der Waals surface area (Å²) < 4.78 is 61.1. The van der Waals surface area contributed by atoms with Crippen LogP contribution in [0.3, 0.4) is 0 Å². The number of nitrogens with zero attached hydrogens (tertiary/aromatic N) is 4. The molecule has 1 saturated carbocycles. The molecule has 1 spiro atoms. The number of hydrogen-bond donors (Lipinski definition) is 1. The predicted molar refractivity (Wildman–Crippen MR) is 119 cm³/mol. The van der Waals surface area contributed by atoms with Crippen LogP contribution in [0.15, 0.2) is 30.5 Å². The Bertz CT molecular complexity index is 1190. The first kappa shape index (κ1) is 23.8. The number of pyridine rings is 1. The lowest BCUT2D eigenvalue weighted by molar-refractivity contribution is -0.138. The molecule has 1 aromatic heterocycles. The Morgan fingerprint density at radius 1 is 1.29 bits per heavy atom. The highest BCUT2D eigenvalue weighted by Gasteiger charge is 2.48. The van der Waals surface area contributed by atoms with E-state index in [1.165, 1.54) is 30.1 Å². The molecule has 0 radical (unpaired) electrons. The van der Waals surface area contributed by atoms with Crippen molar-refractivity contribution in [3.05, 3.63) is 53.1 Å². The number of alkyl halides is 3. The lowest BCUT2D eigenvalue weighted by Crippen LogP contribution is -2.60. The van der Waals surface area contributed by atoms with E-state index in [0.717, 1.165) is 18.7 Å². The van der Waals surface area contributed by atoms with Crippen molar-refractivity contribution in [3.63, 3.8) is 0 Å². The zero-order valence-electron chi connectivity index (χ0n) is 17.9. The second kappa shape index (κ2) is 8.81. The molecule has 0 bridgehead atoms. The molecule has 1 amide bonds. The van der Waals surface area contributed by atoms with Gasteiger partial charge in [0.05, 0.1) is 35.2 Å². The van der Waals surface area contributed by atoms with Crippen molar-refractivity contribution in [2.75, 3.05) is 30.2 Å². The summed E-state index contributed by atoms with van der Waals surface area (Å²) in [7, 11) is 1.39. The number of anilines is 2. The standard InChI is InChI=1S/C22H19F4N5O2S/c1-28-19(32)15-4-3-13(8-17(15)23)31-20(34)30(12-33-11-21(31)5-2-6-21)14-7-16(22(24,25)26)18(9-27)29-10-14/h3-4,7-8,10H,2,5-6,11-12H2,1H3,(H,28,32). The summed E-state index contributed by atoms with van der Waals surface area (Å²) in [6.45, 7) is 0.0685. The van der Waals surface area contributed by atoms with Gasteiger partial charge >= 0.3 is 6.18 Å². The number of thiocarbonyl (C=S) groups is 1. The summed E-state index contributed by atoms with van der Waals surface area (Å²) in [6.07, 6.45) is -1.44. The Hall–Kier alpha value is -3.30. The average molecular weight is 493 g/mol. The Morgan fingerprint density at radius 2 is 2.03 bits per heavy atom. The highest BCUT2D eigenvalue weighted by molar-refractivity contribution is 7.80. The van der Waals surface area contributed by atoms with Crippen LogP contribution in [0.25, 0.3) is 0 Å². The normalized spacial score (nSPS) is 17.7. The van der Waals surface area contributed by atoms with Crippen LogP contribution in [0, 0.1) is 17.1 Å². The Labute approximate surface area is 197 Å². The molecule has 2 fully saturated rings. The maximum absolute atomic E-state index is 14.8. The van der Waals surface area contributed by atoms with E-state index in [0.29, 0.717) is 18.5 Å². The third-order valence-corrected chi connectivity index (χ3v) is 6.45. The molecule has 1 N–H and O–H groups in total. The van der Waals surface area contributed by atoms with Crippen LogP contribution in [0.4, 0.5) is 28.9 Å². The minimum Gasteiger partial charge on any atom is -0.358 e. The fourth-order valence-electron chi connectivity index (χ4n) is 4.16. The molecule has 2 aliphatic rings. The Kier molecular flexibility index (Phi) is 6.18. The first-order chi connectivity index (χ1) is 16.1. The molecule has 2 heterocycles. The van der Waals surface area contributed by atoms with E-state index in [-0.39, 0.29) is 29.7 Å². The van der Waals surface area contributed by atoms with Crippen molar-refractivity contribution < 1.29 is 27.1 Å². The highest BCUT2D eigenvalue weighted by Crippen LogP contribution is 2.44. The minimum atomic E-state index is -4.80. The second-order valence-corrected chi connectivity index (χ2v) is 8.41. The van der Waals surface area contributed by atoms with Gasteiger partial charge in [-0.25, -0.2) is 9.37 Å². The third-order valence-electron chi connectivity index (χ3n) is 6.05. The molecule has 34 heavy (non-hydrogen) atoms. The topological polar surface area (TPSA) is 81.5 Å². The van der Waals surface area contributed by atoms with Gasteiger partial charge in [0.25, 0.3) is 5.91 Å². The number of benzene rings is 1. The molecule has 2 aromatic rings. The van der Waals surface area contributed by atoms with E-state index in [9.17, 15) is 22.4 Å². The molecule has 0 unspecified atom stereocenters. The van der Waals surface area contributed by atoms with Gasteiger partial charge in [0.2, 0.25) is 0 Å². The number of nitrogens with one attached hydrogen (secondary N) is 1. The summed E-state index contributed by atoms with van der Waals surface area (Å²) in [5.41, 5.74) is -2.35. The van der Waals surface area contributed by atoms with E-state index in [1.54, 1.807) is 11.0 Å². The van der Waals surface area contributed by atoms with E-state index in [4.69, 9.17) is 22.2 Å². The quantitative estimate of drug-likeness (QED) is 0.512. The van der Waals surface area contributed by atoms with E-state index in [1.807, 2.05) is 0 Å². The maximum atomic E-state index is 14.8. The lowest BCUT2D eigenvalue weighted by atomic mass is 9.75. The van der Waals surface area contributed by atoms with Gasteiger partial charge < -0.3 is 15.0 Å². The summed E-state index contributed by atoms with van der Waals surface area (Å²) >= 11 is 5.69. The number of ether oxygens (including phenoxy) is 1. The monoisotopic (exact) mass is 493 g/mol. The SMILES string of the molecule is CNC(=O)c1ccc(N2C(=S)N(c3cnc(C#N)c(C(F)(F)F)c3)COCC23CCC3)cc1F. The Balaban J connectivity index is 1.78. The van der Waals surface area contributed by atoms with E-state index < -0.39 is 34.7 Å². The summed E-state index contributed by atoms with van der Waals surface area (Å²) in [5.74, 6) is -1.35. The number of halogens is 4. The van der Waals surface area contributed by atoms with Crippen molar-refractivity contribution >= 4 is 34.6 Å².